The average molecular weight is 443 g/mol. The molecule has 0 unspecified atom stereocenters. The fraction of sp³-hybridized carbons (Fsp3) is 0.400. The molecule has 1 amide bonds. The van der Waals surface area contributed by atoms with Crippen LogP contribution in [-0.4, -0.2) is 39.9 Å². The Morgan fingerprint density at radius 3 is 2.19 bits per heavy atom. The summed E-state index contributed by atoms with van der Waals surface area (Å²) in [5.74, 6) is 0. The second-order valence-corrected chi connectivity index (χ2v) is 7.67. The first-order valence-corrected chi connectivity index (χ1v) is 11.5. The Kier molecular flexibility index (Phi) is 15.7. The number of amides is 1. The zero-order valence-corrected chi connectivity index (χ0v) is 20.8. The number of nitrogens with zero attached hydrogens (tertiary/aromatic N) is 4. The van der Waals surface area contributed by atoms with Gasteiger partial charge in [-0.05, 0) is 29.8 Å². The van der Waals surface area contributed by atoms with Crippen molar-refractivity contribution in [2.45, 2.75) is 56.5 Å². The maximum atomic E-state index is 9.43. The zero-order valence-electron chi connectivity index (χ0n) is 20.0. The molecule has 2 aromatic heterocycles. The van der Waals surface area contributed by atoms with E-state index in [0.29, 0.717) is 0 Å². The molecule has 0 saturated heterocycles. The summed E-state index contributed by atoms with van der Waals surface area (Å²) >= 11 is 1.60. The highest BCUT2D eigenvalue weighted by Gasteiger charge is 2.13. The van der Waals surface area contributed by atoms with Gasteiger partial charge in [0.2, 0.25) is 6.41 Å². The Labute approximate surface area is 193 Å². The van der Waals surface area contributed by atoms with Crippen molar-refractivity contribution in [3.8, 4) is 0 Å². The van der Waals surface area contributed by atoms with Crippen molar-refractivity contribution >= 4 is 23.7 Å². The van der Waals surface area contributed by atoms with Crippen LogP contribution in [0.1, 0.15) is 51.3 Å². The summed E-state index contributed by atoms with van der Waals surface area (Å²) in [7, 11) is 5.36. The minimum atomic E-state index is 0.750. The predicted molar refractivity (Wildman–Crippen MR) is 134 cm³/mol. The zero-order chi connectivity index (χ0) is 23.6. The average Bonchev–Trinajstić information content (AvgIpc) is 3.65. The van der Waals surface area contributed by atoms with Gasteiger partial charge in [0, 0.05) is 32.9 Å². The monoisotopic (exact) mass is 442 g/mol. The lowest BCUT2D eigenvalue weighted by molar-refractivity contribution is -0.115. The first kappa shape index (κ1) is 28.4. The van der Waals surface area contributed by atoms with Gasteiger partial charge in [0.1, 0.15) is 15.7 Å². The number of aryl methyl sites for hydroxylation is 2. The van der Waals surface area contributed by atoms with Gasteiger partial charge in [0.05, 0.1) is 6.33 Å². The molecule has 0 aliphatic heterocycles. The number of carbonyl (C=O) groups is 1. The summed E-state index contributed by atoms with van der Waals surface area (Å²) in [4.78, 5) is 19.8. The van der Waals surface area contributed by atoms with Gasteiger partial charge >= 0.3 is 0 Å². The van der Waals surface area contributed by atoms with E-state index < -0.39 is 0 Å². The fourth-order valence-electron chi connectivity index (χ4n) is 1.89. The van der Waals surface area contributed by atoms with E-state index in [-0.39, 0.29) is 0 Å². The number of hydrogen-bond acceptors (Lipinski definition) is 4. The van der Waals surface area contributed by atoms with Crippen molar-refractivity contribution in [2.75, 3.05) is 14.1 Å². The second-order valence-electron chi connectivity index (χ2n) is 6.66. The summed E-state index contributed by atoms with van der Waals surface area (Å²) in [5.41, 5.74) is 3.10. The van der Waals surface area contributed by atoms with Crippen LogP contribution in [0.2, 0.25) is 0 Å². The lowest BCUT2D eigenvalue weighted by Crippen LogP contribution is -2.06. The minimum absolute atomic E-state index is 0.750. The molecule has 3 rings (SSSR count). The summed E-state index contributed by atoms with van der Waals surface area (Å²) in [5, 5.41) is 2.00. The maximum Gasteiger partial charge on any atom is 0.209 e. The van der Waals surface area contributed by atoms with Crippen LogP contribution in [-0.2, 0) is 18.3 Å². The molecule has 1 aliphatic rings. The predicted octanol–water partition coefficient (Wildman–Crippen LogP) is 6.19. The third-order valence-electron chi connectivity index (χ3n) is 3.65. The van der Waals surface area contributed by atoms with E-state index >= 15 is 0 Å². The molecule has 0 atom stereocenters. The number of aromatic nitrogens is 3. The summed E-state index contributed by atoms with van der Waals surface area (Å²) in [6.07, 6.45) is 15.4. The number of carbonyl (C=O) groups excluding carboxylic acids is 1. The molecule has 170 valence electrons. The van der Waals surface area contributed by atoms with Gasteiger partial charge in [0.15, 0.2) is 0 Å². The number of rotatable bonds is 7. The molecule has 1 saturated carbocycles. The topological polar surface area (TPSA) is 51.0 Å². The lowest BCUT2D eigenvalue weighted by Gasteiger charge is -2.06. The molecule has 0 radical (unpaired) electrons. The van der Waals surface area contributed by atoms with Crippen molar-refractivity contribution in [3.63, 3.8) is 0 Å². The van der Waals surface area contributed by atoms with E-state index in [9.17, 15) is 4.79 Å². The summed E-state index contributed by atoms with van der Waals surface area (Å²) < 4.78 is 2.00. The molecule has 0 aromatic carbocycles. The van der Waals surface area contributed by atoms with Gasteiger partial charge in [-0.2, -0.15) is 0 Å². The van der Waals surface area contributed by atoms with Crippen molar-refractivity contribution in [1.29, 1.82) is 0 Å². The molecule has 2 aromatic rings. The van der Waals surface area contributed by atoms with Crippen molar-refractivity contribution < 1.29 is 4.79 Å². The van der Waals surface area contributed by atoms with Crippen molar-refractivity contribution in [2.24, 2.45) is 7.05 Å². The number of imidazole rings is 1. The van der Waals surface area contributed by atoms with Crippen LogP contribution in [0, 0.1) is 0 Å². The summed E-state index contributed by atoms with van der Waals surface area (Å²) in [6.45, 7) is 13.7. The van der Waals surface area contributed by atoms with Gasteiger partial charge in [-0.3, -0.25) is 4.79 Å². The van der Waals surface area contributed by atoms with E-state index in [2.05, 4.69) is 36.1 Å². The Balaban J connectivity index is 0.000000749. The molecule has 0 spiro atoms. The third kappa shape index (κ3) is 12.0. The van der Waals surface area contributed by atoms with Crippen LogP contribution in [0.4, 0.5) is 0 Å². The molecular weight excluding hydrogens is 404 g/mol. The van der Waals surface area contributed by atoms with Crippen molar-refractivity contribution in [1.82, 2.24) is 19.4 Å². The van der Waals surface area contributed by atoms with Gasteiger partial charge in [-0.1, -0.05) is 77.5 Å². The normalized spacial score (nSPS) is 11.4. The van der Waals surface area contributed by atoms with Gasteiger partial charge in [0.25, 0.3) is 0 Å². The Morgan fingerprint density at radius 2 is 1.81 bits per heavy atom. The van der Waals surface area contributed by atoms with Crippen LogP contribution in [0.3, 0.4) is 0 Å². The molecule has 0 N–H and O–H groups in total. The van der Waals surface area contributed by atoms with Gasteiger partial charge in [-0.15, -0.1) is 0 Å². The van der Waals surface area contributed by atoms with E-state index in [1.54, 1.807) is 44.3 Å². The fourth-order valence-corrected chi connectivity index (χ4v) is 2.79. The third-order valence-corrected chi connectivity index (χ3v) is 4.77. The van der Waals surface area contributed by atoms with E-state index in [4.69, 9.17) is 0 Å². The highest BCUT2D eigenvalue weighted by molar-refractivity contribution is 7.99. The summed E-state index contributed by atoms with van der Waals surface area (Å²) in [6, 6.07) is 4.16. The maximum absolute atomic E-state index is 9.43. The largest absolute Gasteiger partial charge is 0.351 e. The van der Waals surface area contributed by atoms with E-state index in [1.165, 1.54) is 29.7 Å². The quantitative estimate of drug-likeness (QED) is 0.379. The van der Waals surface area contributed by atoms with Gasteiger partial charge < -0.3 is 9.47 Å². The molecule has 2 heterocycles. The molecule has 6 heteroatoms. The first-order valence-electron chi connectivity index (χ1n) is 10.7. The second kappa shape index (κ2) is 17.1. The van der Waals surface area contributed by atoms with Gasteiger partial charge in [-0.25, -0.2) is 9.97 Å². The molecule has 5 nitrogen and oxygen atoms in total. The van der Waals surface area contributed by atoms with Crippen LogP contribution < -0.4 is 0 Å². The van der Waals surface area contributed by atoms with E-state index in [0.717, 1.165) is 34.1 Å². The number of allylic oxidation sites excluding steroid dienone is 4. The highest BCUT2D eigenvalue weighted by Crippen LogP contribution is 2.32. The Bertz CT molecular complexity index is 803. The Morgan fingerprint density at radius 1 is 1.19 bits per heavy atom. The molecular formula is C25H38N4OS. The molecule has 1 fully saturated rings. The number of pyridine rings is 1. The van der Waals surface area contributed by atoms with Crippen LogP contribution in [0.25, 0.3) is 5.57 Å². The van der Waals surface area contributed by atoms with Crippen molar-refractivity contribution in [3.05, 3.63) is 67.3 Å². The standard InChI is InChI=1S/C17H19N3S.C3H7NO.C3H6.C2H6/c1-5-8-14(7-3)16-17(20(4)12-19-16)21-15-10-9-13(6-2)11-18-15;1-4(2)3-5;1-2-3-1;1-2/h5,7-12H,1,3,6H2,2,4H3;3H,1-2H3;1-3H2;1-2H3/b14-8+;;;. The minimum Gasteiger partial charge on any atom is -0.351 e. The van der Waals surface area contributed by atoms with Crippen LogP contribution in [0.15, 0.2) is 66.1 Å². The SMILES string of the molecule is C1CC1.C=C/C=C(\C=C)c1ncn(C)c1Sc1ccc(CC)cn1.CC.CN(C)C=O. The molecule has 31 heavy (non-hydrogen) atoms. The Hall–Kier alpha value is -2.60. The van der Waals surface area contributed by atoms with Crippen LogP contribution >= 0.6 is 11.8 Å². The molecule has 1 aliphatic carbocycles. The highest BCUT2D eigenvalue weighted by atomic mass is 32.2. The smallest absolute Gasteiger partial charge is 0.209 e. The number of hydrogen-bond donors (Lipinski definition) is 0. The molecule has 0 bridgehead atoms. The van der Waals surface area contributed by atoms with Crippen LogP contribution in [0.5, 0.6) is 0 Å². The first-order chi connectivity index (χ1) is 15.0. The lowest BCUT2D eigenvalue weighted by atomic mass is 10.2. The van der Waals surface area contributed by atoms with E-state index in [1.807, 2.05) is 43.8 Å².